The lowest BCUT2D eigenvalue weighted by Gasteiger charge is -2.08. The number of aromatic nitrogens is 3. The molecule has 0 aliphatic rings. The number of hydrogen-bond donors (Lipinski definition) is 1. The molecule has 7 heteroatoms. The summed E-state index contributed by atoms with van der Waals surface area (Å²) in [5.41, 5.74) is 1.16. The topological polar surface area (TPSA) is 86.1 Å². The van der Waals surface area contributed by atoms with E-state index in [2.05, 4.69) is 15.4 Å². The van der Waals surface area contributed by atoms with Gasteiger partial charge in [0.05, 0.1) is 11.9 Å². The average molecular weight is 336 g/mol. The van der Waals surface area contributed by atoms with Crippen molar-refractivity contribution in [2.24, 2.45) is 0 Å². The fourth-order valence-electron chi connectivity index (χ4n) is 2.13. The minimum absolute atomic E-state index is 0.0182. The number of ether oxygens (including phenoxy) is 1. The molecule has 126 valence electrons. The maximum Gasteiger partial charge on any atom is 0.262 e. The van der Waals surface area contributed by atoms with Crippen molar-refractivity contribution in [3.8, 4) is 11.6 Å². The van der Waals surface area contributed by atoms with E-state index in [1.165, 1.54) is 6.92 Å². The summed E-state index contributed by atoms with van der Waals surface area (Å²) in [4.78, 5) is 27.4. The lowest BCUT2D eigenvalue weighted by Crippen LogP contribution is -2.20. The Morgan fingerprint density at radius 3 is 2.56 bits per heavy atom. The van der Waals surface area contributed by atoms with Crippen LogP contribution < -0.4 is 10.1 Å². The van der Waals surface area contributed by atoms with Gasteiger partial charge in [-0.05, 0) is 49.4 Å². The highest BCUT2D eigenvalue weighted by Crippen LogP contribution is 2.13. The van der Waals surface area contributed by atoms with Crippen LogP contribution >= 0.6 is 0 Å². The molecule has 0 radical (unpaired) electrons. The van der Waals surface area contributed by atoms with Crippen molar-refractivity contribution in [3.63, 3.8) is 0 Å². The summed E-state index contributed by atoms with van der Waals surface area (Å²) < 4.78 is 7.02. The predicted molar refractivity (Wildman–Crippen MR) is 91.9 cm³/mol. The molecule has 0 saturated heterocycles. The van der Waals surface area contributed by atoms with Gasteiger partial charge in [-0.15, -0.1) is 0 Å². The molecule has 0 aliphatic heterocycles. The first-order valence-corrected chi connectivity index (χ1v) is 7.61. The van der Waals surface area contributed by atoms with E-state index in [0.29, 0.717) is 22.8 Å². The van der Waals surface area contributed by atoms with Crippen LogP contribution in [0, 0.1) is 0 Å². The second kappa shape index (κ2) is 7.39. The number of hydrogen-bond acceptors (Lipinski definition) is 5. The summed E-state index contributed by atoms with van der Waals surface area (Å²) in [5, 5.41) is 6.79. The van der Waals surface area contributed by atoms with E-state index in [1.54, 1.807) is 65.7 Å². The number of anilines is 1. The summed E-state index contributed by atoms with van der Waals surface area (Å²) in [7, 11) is 0. The highest BCUT2D eigenvalue weighted by atomic mass is 16.5. The number of ketones is 1. The molecular formula is C18H16N4O3. The zero-order valence-corrected chi connectivity index (χ0v) is 13.5. The number of rotatable bonds is 6. The van der Waals surface area contributed by atoms with Gasteiger partial charge < -0.3 is 10.1 Å². The lowest BCUT2D eigenvalue weighted by molar-refractivity contribution is -0.118. The Morgan fingerprint density at radius 2 is 1.96 bits per heavy atom. The lowest BCUT2D eigenvalue weighted by atomic mass is 10.1. The molecule has 3 aromatic rings. The van der Waals surface area contributed by atoms with Crippen molar-refractivity contribution in [3.05, 3.63) is 66.6 Å². The van der Waals surface area contributed by atoms with Gasteiger partial charge >= 0.3 is 0 Å². The summed E-state index contributed by atoms with van der Waals surface area (Å²) >= 11 is 0. The second-order valence-corrected chi connectivity index (χ2v) is 5.27. The Morgan fingerprint density at radius 1 is 1.16 bits per heavy atom. The van der Waals surface area contributed by atoms with Gasteiger partial charge in [-0.1, -0.05) is 0 Å². The highest BCUT2D eigenvalue weighted by Gasteiger charge is 2.06. The molecule has 3 rings (SSSR count). The molecule has 0 unspecified atom stereocenters. The van der Waals surface area contributed by atoms with Crippen LogP contribution in [0.25, 0.3) is 5.82 Å². The SMILES string of the molecule is CC(=O)c1ccc(OCC(=O)Nc2ccc(-n3cccn3)nc2)cc1. The van der Waals surface area contributed by atoms with E-state index < -0.39 is 0 Å². The van der Waals surface area contributed by atoms with E-state index in [4.69, 9.17) is 4.74 Å². The molecule has 0 spiro atoms. The normalized spacial score (nSPS) is 10.3. The number of benzene rings is 1. The second-order valence-electron chi connectivity index (χ2n) is 5.27. The summed E-state index contributed by atoms with van der Waals surface area (Å²) in [6, 6.07) is 11.9. The molecule has 0 atom stereocenters. The van der Waals surface area contributed by atoms with Gasteiger partial charge in [0.15, 0.2) is 18.2 Å². The fourth-order valence-corrected chi connectivity index (χ4v) is 2.13. The largest absolute Gasteiger partial charge is 0.484 e. The van der Waals surface area contributed by atoms with Gasteiger partial charge in [0, 0.05) is 18.0 Å². The van der Waals surface area contributed by atoms with E-state index in [0.717, 1.165) is 0 Å². The third-order valence-corrected chi connectivity index (χ3v) is 3.40. The van der Waals surface area contributed by atoms with Crippen LogP contribution in [0.3, 0.4) is 0 Å². The number of nitrogens with one attached hydrogen (secondary N) is 1. The van der Waals surface area contributed by atoms with Crippen LogP contribution in [0.4, 0.5) is 5.69 Å². The number of amides is 1. The molecule has 0 bridgehead atoms. The smallest absolute Gasteiger partial charge is 0.262 e. The monoisotopic (exact) mass is 336 g/mol. The molecular weight excluding hydrogens is 320 g/mol. The van der Waals surface area contributed by atoms with Crippen molar-refractivity contribution in [2.75, 3.05) is 11.9 Å². The average Bonchev–Trinajstić information content (AvgIpc) is 3.15. The first kappa shape index (κ1) is 16.4. The minimum atomic E-state index is -0.302. The van der Waals surface area contributed by atoms with Crippen LogP contribution in [0.5, 0.6) is 5.75 Å². The zero-order chi connectivity index (χ0) is 17.6. The number of carbonyl (C=O) groups is 2. The van der Waals surface area contributed by atoms with Gasteiger partial charge in [-0.25, -0.2) is 9.67 Å². The zero-order valence-electron chi connectivity index (χ0n) is 13.5. The minimum Gasteiger partial charge on any atom is -0.484 e. The van der Waals surface area contributed by atoms with E-state index in [9.17, 15) is 9.59 Å². The molecule has 25 heavy (non-hydrogen) atoms. The van der Waals surface area contributed by atoms with Crippen LogP contribution in [0.1, 0.15) is 17.3 Å². The van der Waals surface area contributed by atoms with Crippen LogP contribution in [-0.4, -0.2) is 33.1 Å². The van der Waals surface area contributed by atoms with Crippen LogP contribution in [0.2, 0.25) is 0 Å². The van der Waals surface area contributed by atoms with Crippen molar-refractivity contribution in [1.82, 2.24) is 14.8 Å². The van der Waals surface area contributed by atoms with Crippen molar-refractivity contribution >= 4 is 17.4 Å². The molecule has 0 saturated carbocycles. The van der Waals surface area contributed by atoms with Crippen LogP contribution in [0.15, 0.2) is 61.1 Å². The first-order valence-electron chi connectivity index (χ1n) is 7.61. The molecule has 0 fully saturated rings. The van der Waals surface area contributed by atoms with E-state index in [-0.39, 0.29) is 18.3 Å². The molecule has 1 amide bonds. The Bertz CT molecular complexity index is 856. The number of pyridine rings is 1. The predicted octanol–water partition coefficient (Wildman–Crippen LogP) is 2.49. The summed E-state index contributed by atoms with van der Waals surface area (Å²) in [6.45, 7) is 1.36. The van der Waals surface area contributed by atoms with Gasteiger partial charge in [-0.2, -0.15) is 5.10 Å². The van der Waals surface area contributed by atoms with Gasteiger partial charge in [0.1, 0.15) is 5.75 Å². The molecule has 1 N–H and O–H groups in total. The molecule has 0 aliphatic carbocycles. The van der Waals surface area contributed by atoms with E-state index >= 15 is 0 Å². The van der Waals surface area contributed by atoms with E-state index in [1.807, 2.05) is 0 Å². The third kappa shape index (κ3) is 4.29. The fraction of sp³-hybridized carbons (Fsp3) is 0.111. The first-order chi connectivity index (χ1) is 12.1. The molecule has 7 nitrogen and oxygen atoms in total. The van der Waals surface area contributed by atoms with Crippen molar-refractivity contribution in [2.45, 2.75) is 6.92 Å². The maximum atomic E-state index is 11.9. The van der Waals surface area contributed by atoms with Gasteiger partial charge in [0.2, 0.25) is 0 Å². The molecule has 1 aromatic carbocycles. The maximum absolute atomic E-state index is 11.9. The van der Waals surface area contributed by atoms with Gasteiger partial charge in [0.25, 0.3) is 5.91 Å². The van der Waals surface area contributed by atoms with Crippen LogP contribution in [-0.2, 0) is 4.79 Å². The summed E-state index contributed by atoms with van der Waals surface area (Å²) in [6.07, 6.45) is 5.00. The standard InChI is InChI=1S/C18H16N4O3/c1-13(23)14-3-6-16(7-4-14)25-12-18(24)21-15-5-8-17(19-11-15)22-10-2-9-20-22/h2-11H,12H2,1H3,(H,21,24). The number of nitrogens with zero attached hydrogens (tertiary/aromatic N) is 3. The number of Topliss-reactive ketones (excluding diaryl/α,β-unsaturated/α-hetero) is 1. The number of carbonyl (C=O) groups excluding carboxylic acids is 2. The Labute approximate surface area is 144 Å². The molecule has 2 heterocycles. The Hall–Kier alpha value is -3.48. The molecule has 2 aromatic heterocycles. The quantitative estimate of drug-likeness (QED) is 0.699. The Balaban J connectivity index is 1.53. The van der Waals surface area contributed by atoms with Crippen molar-refractivity contribution < 1.29 is 14.3 Å². The third-order valence-electron chi connectivity index (χ3n) is 3.40. The highest BCUT2D eigenvalue weighted by molar-refractivity contribution is 5.94. The summed E-state index contributed by atoms with van der Waals surface area (Å²) in [5.74, 6) is 0.858. The Kier molecular flexibility index (Phi) is 4.84. The van der Waals surface area contributed by atoms with Crippen molar-refractivity contribution in [1.29, 1.82) is 0 Å². The van der Waals surface area contributed by atoms with Gasteiger partial charge in [-0.3, -0.25) is 9.59 Å².